The van der Waals surface area contributed by atoms with Gasteiger partial charge in [0.05, 0.1) is 27.5 Å². The maximum atomic E-state index is 13.6. The zero-order chi connectivity index (χ0) is 23.8. The van der Waals surface area contributed by atoms with Crippen molar-refractivity contribution in [3.8, 4) is 23.5 Å². The van der Waals surface area contributed by atoms with Crippen LogP contribution in [0.15, 0.2) is 54.9 Å². The molecule has 0 saturated heterocycles. The second kappa shape index (κ2) is 8.99. The average Bonchev–Trinajstić information content (AvgIpc) is 2.77. The number of pyridine rings is 2. The predicted octanol–water partition coefficient (Wildman–Crippen LogP) is 6.01. The van der Waals surface area contributed by atoms with Gasteiger partial charge in [0.15, 0.2) is 9.84 Å². The van der Waals surface area contributed by atoms with E-state index in [0.717, 1.165) is 11.8 Å². The Labute approximate surface area is 200 Å². The summed E-state index contributed by atoms with van der Waals surface area (Å²) < 4.78 is 37.1. The van der Waals surface area contributed by atoms with Crippen molar-refractivity contribution in [1.29, 1.82) is 0 Å². The predicted molar refractivity (Wildman–Crippen MR) is 131 cm³/mol. The number of nitrogens with one attached hydrogen (secondary N) is 1. The minimum absolute atomic E-state index is 0.0213. The van der Waals surface area contributed by atoms with E-state index in [1.54, 1.807) is 24.5 Å². The highest BCUT2D eigenvalue weighted by Crippen LogP contribution is 2.34. The number of nitrogens with zero attached hydrogens (tertiary/aromatic N) is 2. The highest BCUT2D eigenvalue weighted by Gasteiger charge is 2.14. The lowest BCUT2D eigenvalue weighted by atomic mass is 10.0. The van der Waals surface area contributed by atoms with Crippen molar-refractivity contribution in [2.45, 2.75) is 5.75 Å². The number of anilines is 2. The minimum atomic E-state index is -3.29. The van der Waals surface area contributed by atoms with Crippen LogP contribution in [0.5, 0.6) is 0 Å². The van der Waals surface area contributed by atoms with Crippen LogP contribution in [0.2, 0.25) is 10.2 Å². The maximum Gasteiger partial charge on any atom is 0.151 e. The van der Waals surface area contributed by atoms with Crippen LogP contribution in [0.3, 0.4) is 0 Å². The summed E-state index contributed by atoms with van der Waals surface area (Å²) >= 11 is 12.0. The lowest BCUT2D eigenvalue weighted by molar-refractivity contribution is 0.601. The molecule has 0 saturated carbocycles. The monoisotopic (exact) mass is 499 g/mol. The second-order valence-electron chi connectivity index (χ2n) is 7.42. The molecule has 9 heteroatoms. The molecule has 2 aromatic heterocycles. The molecule has 33 heavy (non-hydrogen) atoms. The number of benzene rings is 2. The maximum absolute atomic E-state index is 13.6. The number of terminal acetylenes is 1. The van der Waals surface area contributed by atoms with Crippen LogP contribution in [-0.4, -0.2) is 24.6 Å². The normalized spacial score (nSPS) is 11.4. The van der Waals surface area contributed by atoms with Gasteiger partial charge in [0.25, 0.3) is 0 Å². The third-order valence-electron chi connectivity index (χ3n) is 4.88. The van der Waals surface area contributed by atoms with Gasteiger partial charge in [-0.3, -0.25) is 4.98 Å². The smallest absolute Gasteiger partial charge is 0.151 e. The molecule has 0 aliphatic carbocycles. The summed E-state index contributed by atoms with van der Waals surface area (Å²) in [6.45, 7) is 0. The van der Waals surface area contributed by atoms with Crippen LogP contribution in [0, 0.1) is 18.2 Å². The van der Waals surface area contributed by atoms with Crippen molar-refractivity contribution >= 4 is 55.3 Å². The number of aromatic nitrogens is 2. The number of fused-ring (bicyclic) bond motifs is 1. The quantitative estimate of drug-likeness (QED) is 0.268. The van der Waals surface area contributed by atoms with E-state index in [-0.39, 0.29) is 15.9 Å². The van der Waals surface area contributed by atoms with Crippen LogP contribution < -0.4 is 5.32 Å². The topological polar surface area (TPSA) is 72.0 Å². The van der Waals surface area contributed by atoms with Gasteiger partial charge in [0.2, 0.25) is 0 Å². The molecule has 0 aliphatic rings. The molecule has 2 aromatic carbocycles. The van der Waals surface area contributed by atoms with Gasteiger partial charge >= 0.3 is 0 Å². The molecule has 0 aliphatic heterocycles. The molecule has 0 radical (unpaired) electrons. The SMILES string of the molecule is C#Cc1cnc2ccc(-c3cnc(Cl)c(CS(C)(=O)=O)c3)cc2c1Nc1ccc(F)c(Cl)c1. The van der Waals surface area contributed by atoms with Crippen molar-refractivity contribution in [2.75, 3.05) is 11.6 Å². The lowest BCUT2D eigenvalue weighted by Crippen LogP contribution is -2.02. The van der Waals surface area contributed by atoms with Gasteiger partial charge in [-0.1, -0.05) is 35.2 Å². The Hall–Kier alpha value is -3.18. The van der Waals surface area contributed by atoms with E-state index in [0.29, 0.717) is 39.0 Å². The summed E-state index contributed by atoms with van der Waals surface area (Å²) in [5, 5.41) is 4.04. The van der Waals surface area contributed by atoms with Crippen LogP contribution in [-0.2, 0) is 15.6 Å². The van der Waals surface area contributed by atoms with Crippen molar-refractivity contribution in [2.24, 2.45) is 0 Å². The summed E-state index contributed by atoms with van der Waals surface area (Å²) in [4.78, 5) is 8.56. The molecule has 0 fully saturated rings. The number of hydrogen-bond acceptors (Lipinski definition) is 5. The number of halogens is 3. The van der Waals surface area contributed by atoms with Gasteiger partial charge in [0, 0.05) is 40.8 Å². The molecule has 0 bridgehead atoms. The fourth-order valence-electron chi connectivity index (χ4n) is 3.37. The van der Waals surface area contributed by atoms with E-state index in [1.807, 2.05) is 18.2 Å². The molecule has 166 valence electrons. The van der Waals surface area contributed by atoms with E-state index >= 15 is 0 Å². The highest BCUT2D eigenvalue weighted by atomic mass is 35.5. The van der Waals surface area contributed by atoms with Crippen LogP contribution in [0.25, 0.3) is 22.0 Å². The first-order valence-electron chi connectivity index (χ1n) is 9.58. The first-order chi connectivity index (χ1) is 15.6. The third-order valence-corrected chi connectivity index (χ3v) is 6.34. The van der Waals surface area contributed by atoms with Crippen molar-refractivity contribution in [1.82, 2.24) is 9.97 Å². The Balaban J connectivity index is 1.85. The van der Waals surface area contributed by atoms with Crippen molar-refractivity contribution in [3.05, 3.63) is 82.0 Å². The summed E-state index contributed by atoms with van der Waals surface area (Å²) in [7, 11) is -3.29. The van der Waals surface area contributed by atoms with Gasteiger partial charge in [-0.05, 0) is 42.0 Å². The summed E-state index contributed by atoms with van der Waals surface area (Å²) in [6.07, 6.45) is 9.98. The van der Waals surface area contributed by atoms with Gasteiger partial charge < -0.3 is 5.32 Å². The Morgan fingerprint density at radius 2 is 1.85 bits per heavy atom. The third kappa shape index (κ3) is 5.09. The van der Waals surface area contributed by atoms with E-state index < -0.39 is 15.7 Å². The summed E-state index contributed by atoms with van der Waals surface area (Å²) in [5.74, 6) is 1.86. The first-order valence-corrected chi connectivity index (χ1v) is 12.4. The van der Waals surface area contributed by atoms with E-state index in [2.05, 4.69) is 21.2 Å². The molecule has 4 rings (SSSR count). The molecule has 0 atom stereocenters. The molecule has 0 amide bonds. The van der Waals surface area contributed by atoms with E-state index in [4.69, 9.17) is 29.6 Å². The molecular formula is C24H16Cl2FN3O2S. The molecule has 2 heterocycles. The van der Waals surface area contributed by atoms with Crippen LogP contribution in [0.1, 0.15) is 11.1 Å². The fourth-order valence-corrected chi connectivity index (χ4v) is 4.58. The molecule has 4 aromatic rings. The molecule has 0 unspecified atom stereocenters. The zero-order valence-corrected chi connectivity index (χ0v) is 19.6. The Bertz CT molecular complexity index is 1550. The van der Waals surface area contributed by atoms with Crippen LogP contribution >= 0.6 is 23.2 Å². The zero-order valence-electron chi connectivity index (χ0n) is 17.2. The molecular weight excluding hydrogens is 484 g/mol. The van der Waals surface area contributed by atoms with E-state index in [1.165, 1.54) is 12.1 Å². The number of sulfone groups is 1. The van der Waals surface area contributed by atoms with Crippen molar-refractivity contribution < 1.29 is 12.8 Å². The molecule has 1 N–H and O–H groups in total. The molecule has 0 spiro atoms. The average molecular weight is 500 g/mol. The Kier molecular flexibility index (Phi) is 6.26. The Morgan fingerprint density at radius 1 is 1.06 bits per heavy atom. The first kappa shape index (κ1) is 23.0. The van der Waals surface area contributed by atoms with Crippen molar-refractivity contribution in [3.63, 3.8) is 0 Å². The van der Waals surface area contributed by atoms with Gasteiger partial charge in [-0.2, -0.15) is 0 Å². The van der Waals surface area contributed by atoms with Crippen LogP contribution in [0.4, 0.5) is 15.8 Å². The summed E-state index contributed by atoms with van der Waals surface area (Å²) in [6, 6.07) is 11.5. The number of rotatable bonds is 5. The standard InChI is InChI=1S/C24H16Cl2FN3O2S/c1-3-14-11-28-22-7-4-15(16-8-17(13-33(2,31)32)24(26)29-12-16)9-19(22)23(14)30-18-5-6-21(27)20(25)10-18/h1,4-12H,13H2,2H3,(H,28,30). The number of hydrogen-bond donors (Lipinski definition) is 1. The minimum Gasteiger partial charge on any atom is -0.354 e. The highest BCUT2D eigenvalue weighted by molar-refractivity contribution is 7.89. The van der Waals surface area contributed by atoms with E-state index in [9.17, 15) is 12.8 Å². The van der Waals surface area contributed by atoms with Gasteiger partial charge in [0.1, 0.15) is 11.0 Å². The fraction of sp³-hybridized carbons (Fsp3) is 0.0833. The van der Waals surface area contributed by atoms with Gasteiger partial charge in [-0.15, -0.1) is 6.42 Å². The Morgan fingerprint density at radius 3 is 2.55 bits per heavy atom. The van der Waals surface area contributed by atoms with Gasteiger partial charge in [-0.25, -0.2) is 17.8 Å². The lowest BCUT2D eigenvalue weighted by Gasteiger charge is -2.14. The largest absolute Gasteiger partial charge is 0.354 e. The second-order valence-corrected chi connectivity index (χ2v) is 10.3. The molecule has 5 nitrogen and oxygen atoms in total. The summed E-state index contributed by atoms with van der Waals surface area (Å²) in [5.41, 5.74) is 4.19.